The van der Waals surface area contributed by atoms with E-state index in [1.807, 2.05) is 0 Å². The van der Waals surface area contributed by atoms with Gasteiger partial charge in [0, 0.05) is 25.7 Å². The monoisotopic (exact) mass is 522 g/mol. The Morgan fingerprint density at radius 1 is 0.514 bits per heavy atom. The third kappa shape index (κ3) is 25.0. The molecule has 0 bridgehead atoms. The molecular weight excluding hydrogens is 464 g/mol. The molecule has 0 aliphatic rings. The van der Waals surface area contributed by atoms with E-state index in [-0.39, 0.29) is 38.0 Å². The number of aliphatic hydroxyl groups is 2. The summed E-state index contributed by atoms with van der Waals surface area (Å²) in [6.07, 6.45) is 16.7. The second-order valence-corrected chi connectivity index (χ2v) is 9.96. The lowest BCUT2D eigenvalue weighted by atomic mass is 10.0. The summed E-state index contributed by atoms with van der Waals surface area (Å²) < 4.78 is 17.8. The number of hydrogen-bond donors (Lipinski definition) is 2. The van der Waals surface area contributed by atoms with Crippen LogP contribution in [0, 0.1) is 23.7 Å². The summed E-state index contributed by atoms with van der Waals surface area (Å²) in [6.45, 7) is 8.78. The van der Waals surface area contributed by atoms with Crippen molar-refractivity contribution in [2.75, 3.05) is 13.6 Å². The Labute approximate surface area is 229 Å². The first-order valence-corrected chi connectivity index (χ1v) is 15.2. The number of aliphatic hydroxyl groups excluding tert-OH is 2. The van der Waals surface area contributed by atoms with E-state index in [9.17, 15) is 10.2 Å². The van der Waals surface area contributed by atoms with Crippen LogP contribution in [-0.4, -0.2) is 48.2 Å². The predicted octanol–water partition coefficient (Wildman–Crippen LogP) is 7.52. The average molecular weight is 523 g/mol. The number of unbranched alkanes of at least 4 members (excludes halogenated alkanes) is 2. The Hall–Kier alpha value is -1.08. The number of hydrogen-bond acceptors (Lipinski definition) is 5. The highest BCUT2D eigenvalue weighted by Crippen LogP contribution is 2.16. The molecule has 0 aromatic rings. The maximum atomic E-state index is 9.95. The van der Waals surface area contributed by atoms with Crippen LogP contribution < -0.4 is 0 Å². The van der Waals surface area contributed by atoms with Gasteiger partial charge in [-0.3, -0.25) is 0 Å². The minimum Gasteiger partial charge on any atom is -0.393 e. The van der Waals surface area contributed by atoms with Gasteiger partial charge in [0.25, 0.3) is 0 Å². The summed E-state index contributed by atoms with van der Waals surface area (Å²) in [5.74, 6) is 12.7. The quantitative estimate of drug-likeness (QED) is 0.0779. The standard InChI is InChI=1S/C32H58O5/c1-5-9-11-13-23-31(25-17-15-21-29(33)19-7-3)36-27-35-28-37-32(24-14-12-10-6-2)26-18-16-22-30(34)20-8-4/h29-34H,5-8,13-28H2,1-4H3. The fraction of sp³-hybridized carbons (Fsp3) is 0.875. The molecule has 0 aromatic carbocycles. The minimum absolute atomic E-state index is 0.115. The van der Waals surface area contributed by atoms with Gasteiger partial charge < -0.3 is 24.4 Å². The molecular formula is C32H58O5. The minimum atomic E-state index is -0.178. The molecule has 0 heterocycles. The van der Waals surface area contributed by atoms with E-state index in [1.54, 1.807) is 0 Å². The fourth-order valence-corrected chi connectivity index (χ4v) is 4.30. The summed E-state index contributed by atoms with van der Waals surface area (Å²) in [6, 6.07) is 0. The van der Waals surface area contributed by atoms with Crippen molar-refractivity contribution in [3.05, 3.63) is 0 Å². The molecule has 4 atom stereocenters. The maximum absolute atomic E-state index is 9.95. The van der Waals surface area contributed by atoms with Crippen molar-refractivity contribution >= 4 is 0 Å². The van der Waals surface area contributed by atoms with E-state index in [2.05, 4.69) is 51.4 Å². The van der Waals surface area contributed by atoms with Crippen molar-refractivity contribution in [1.29, 1.82) is 0 Å². The van der Waals surface area contributed by atoms with Gasteiger partial charge in [0.15, 0.2) is 0 Å². The van der Waals surface area contributed by atoms with Gasteiger partial charge in [0.1, 0.15) is 13.6 Å². The van der Waals surface area contributed by atoms with E-state index in [1.165, 1.54) is 0 Å². The maximum Gasteiger partial charge on any atom is 0.149 e. The largest absolute Gasteiger partial charge is 0.393 e. The molecule has 0 radical (unpaired) electrons. The van der Waals surface area contributed by atoms with Crippen LogP contribution in [-0.2, 0) is 14.2 Å². The van der Waals surface area contributed by atoms with E-state index in [0.29, 0.717) is 0 Å². The first kappa shape index (κ1) is 35.9. The van der Waals surface area contributed by atoms with Gasteiger partial charge in [-0.05, 0) is 51.4 Å². The van der Waals surface area contributed by atoms with Gasteiger partial charge in [-0.1, -0.05) is 66.2 Å². The lowest BCUT2D eigenvalue weighted by molar-refractivity contribution is -0.167. The van der Waals surface area contributed by atoms with Crippen molar-refractivity contribution in [3.63, 3.8) is 0 Å². The van der Waals surface area contributed by atoms with E-state index < -0.39 is 0 Å². The summed E-state index contributed by atoms with van der Waals surface area (Å²) >= 11 is 0. The molecule has 0 rings (SSSR count). The van der Waals surface area contributed by atoms with Crippen LogP contribution in [0.3, 0.4) is 0 Å². The third-order valence-corrected chi connectivity index (χ3v) is 6.43. The van der Waals surface area contributed by atoms with Gasteiger partial charge in [0.05, 0.1) is 24.4 Å². The summed E-state index contributed by atoms with van der Waals surface area (Å²) in [5, 5.41) is 19.9. The SMILES string of the molecule is CCC#CCCC(CCCCC(O)CCC)OCOCOC(CCC#CCC)CCCCC(O)CCC. The Balaban J connectivity index is 4.40. The van der Waals surface area contributed by atoms with E-state index >= 15 is 0 Å². The lowest BCUT2D eigenvalue weighted by Gasteiger charge is -2.20. The fourth-order valence-electron chi connectivity index (χ4n) is 4.30. The molecule has 37 heavy (non-hydrogen) atoms. The first-order valence-electron chi connectivity index (χ1n) is 15.2. The highest BCUT2D eigenvalue weighted by Gasteiger charge is 2.12. The number of ether oxygens (including phenoxy) is 3. The second-order valence-electron chi connectivity index (χ2n) is 9.96. The van der Waals surface area contributed by atoms with Gasteiger partial charge >= 0.3 is 0 Å². The van der Waals surface area contributed by atoms with Crippen molar-refractivity contribution in [3.8, 4) is 23.7 Å². The molecule has 4 unspecified atom stereocenters. The zero-order valence-electron chi connectivity index (χ0n) is 24.6. The molecule has 0 aliphatic heterocycles. The Morgan fingerprint density at radius 2 is 0.919 bits per heavy atom. The predicted molar refractivity (Wildman–Crippen MR) is 154 cm³/mol. The van der Waals surface area contributed by atoms with Crippen LogP contribution in [0.1, 0.15) is 143 Å². The molecule has 0 saturated carbocycles. The molecule has 2 N–H and O–H groups in total. The Kier molecular flexibility index (Phi) is 27.1. The summed E-state index contributed by atoms with van der Waals surface area (Å²) in [4.78, 5) is 0. The van der Waals surface area contributed by atoms with Crippen LogP contribution in [0.25, 0.3) is 0 Å². The van der Waals surface area contributed by atoms with Crippen molar-refractivity contribution < 1.29 is 24.4 Å². The van der Waals surface area contributed by atoms with Crippen molar-refractivity contribution in [1.82, 2.24) is 0 Å². The topological polar surface area (TPSA) is 68.2 Å². The third-order valence-electron chi connectivity index (χ3n) is 6.43. The van der Waals surface area contributed by atoms with Gasteiger partial charge in [-0.15, -0.1) is 23.7 Å². The zero-order valence-corrected chi connectivity index (χ0v) is 24.6. The molecule has 216 valence electrons. The highest BCUT2D eigenvalue weighted by atomic mass is 16.7. The van der Waals surface area contributed by atoms with Gasteiger partial charge in [-0.25, -0.2) is 0 Å². The van der Waals surface area contributed by atoms with Crippen molar-refractivity contribution in [2.45, 2.75) is 168 Å². The first-order chi connectivity index (χ1) is 18.1. The van der Waals surface area contributed by atoms with E-state index in [0.717, 1.165) is 116 Å². The smallest absolute Gasteiger partial charge is 0.149 e. The summed E-state index contributed by atoms with van der Waals surface area (Å²) in [7, 11) is 0. The molecule has 0 aromatic heterocycles. The second kappa shape index (κ2) is 27.9. The average Bonchev–Trinajstić information content (AvgIpc) is 2.88. The molecule has 0 fully saturated rings. The lowest BCUT2D eigenvalue weighted by Crippen LogP contribution is -2.19. The normalized spacial score (nSPS) is 14.2. The molecule has 0 aliphatic carbocycles. The van der Waals surface area contributed by atoms with Crippen LogP contribution in [0.4, 0.5) is 0 Å². The molecule has 0 saturated heterocycles. The van der Waals surface area contributed by atoms with Gasteiger partial charge in [-0.2, -0.15) is 0 Å². The summed E-state index contributed by atoms with van der Waals surface area (Å²) in [5.41, 5.74) is 0. The number of rotatable bonds is 24. The van der Waals surface area contributed by atoms with Crippen LogP contribution in [0.15, 0.2) is 0 Å². The van der Waals surface area contributed by atoms with Crippen LogP contribution in [0.2, 0.25) is 0 Å². The molecule has 5 heteroatoms. The molecule has 0 amide bonds. The Bertz CT molecular complexity index is 548. The Morgan fingerprint density at radius 3 is 1.30 bits per heavy atom. The molecule has 0 spiro atoms. The van der Waals surface area contributed by atoms with Crippen LogP contribution in [0.5, 0.6) is 0 Å². The zero-order chi connectivity index (χ0) is 27.4. The molecule has 5 nitrogen and oxygen atoms in total. The van der Waals surface area contributed by atoms with Crippen molar-refractivity contribution in [2.24, 2.45) is 0 Å². The van der Waals surface area contributed by atoms with Gasteiger partial charge in [0.2, 0.25) is 0 Å². The van der Waals surface area contributed by atoms with Crippen LogP contribution >= 0.6 is 0 Å². The highest BCUT2D eigenvalue weighted by molar-refractivity contribution is 4.98. The van der Waals surface area contributed by atoms with E-state index in [4.69, 9.17) is 14.2 Å².